The fraction of sp³-hybridized carbons (Fsp3) is 0.375. The van der Waals surface area contributed by atoms with E-state index < -0.39 is 0 Å². The molecule has 1 aromatic heterocycles. The molecule has 2 rings (SSSR count). The van der Waals surface area contributed by atoms with Crippen LogP contribution in [-0.4, -0.2) is 27.0 Å². The van der Waals surface area contributed by atoms with Crippen LogP contribution in [0.15, 0.2) is 32.5 Å². The van der Waals surface area contributed by atoms with Crippen LogP contribution in [0, 0.1) is 11.7 Å². The number of oxime groups is 1. The summed E-state index contributed by atoms with van der Waals surface area (Å²) in [6.45, 7) is 3.90. The lowest BCUT2D eigenvalue weighted by molar-refractivity contribution is -0.119. The maximum absolute atomic E-state index is 13.3. The van der Waals surface area contributed by atoms with Crippen LogP contribution in [0.2, 0.25) is 0 Å². The summed E-state index contributed by atoms with van der Waals surface area (Å²) in [7, 11) is 0. The highest BCUT2D eigenvalue weighted by Crippen LogP contribution is 2.19. The fourth-order valence-electron chi connectivity index (χ4n) is 2.27. The second-order valence-corrected chi connectivity index (χ2v) is 6.70. The van der Waals surface area contributed by atoms with Crippen molar-refractivity contribution in [2.45, 2.75) is 33.1 Å². The van der Waals surface area contributed by atoms with Crippen molar-refractivity contribution in [1.82, 2.24) is 10.3 Å². The van der Waals surface area contributed by atoms with Gasteiger partial charge in [0, 0.05) is 12.8 Å². The Morgan fingerprint density at radius 2 is 2.12 bits per heavy atom. The molecular formula is C16H17BrFN3O3. The lowest BCUT2D eigenvalue weighted by Crippen LogP contribution is -2.13. The zero-order chi connectivity index (χ0) is 17.7. The molecular weight excluding hydrogens is 381 g/mol. The smallest absolute Gasteiger partial charge is 0.156 e. The second kappa shape index (κ2) is 8.14. The van der Waals surface area contributed by atoms with Gasteiger partial charge in [-0.2, -0.15) is 0 Å². The average molecular weight is 398 g/mol. The highest BCUT2D eigenvalue weighted by Gasteiger charge is 2.20. The molecule has 1 N–H and O–H groups in total. The maximum atomic E-state index is 13.3. The van der Waals surface area contributed by atoms with Crippen LogP contribution in [0.4, 0.5) is 4.39 Å². The molecule has 1 aromatic carbocycles. The van der Waals surface area contributed by atoms with E-state index in [-0.39, 0.29) is 41.8 Å². The number of hydrogen-bond acceptors (Lipinski definition) is 6. The van der Waals surface area contributed by atoms with Crippen molar-refractivity contribution in [2.24, 2.45) is 11.1 Å². The number of Topliss-reactive ketones (excluding diaryl/α,β-unsaturated/α-hetero) is 1. The SMILES string of the molecule is CC(C)CC(=O)Cc1nonc1C(Cc1ccc(F)c(Br)c1)=NO. The molecule has 1 heterocycles. The molecule has 0 saturated carbocycles. The standard InChI is InChI=1S/C16H17BrFN3O3/c1-9(2)5-11(22)8-15-16(21-24-20-15)14(19-23)7-10-3-4-13(18)12(17)6-10/h3-4,6,9,23H,5,7-8H2,1-2H3. The summed E-state index contributed by atoms with van der Waals surface area (Å²) in [5.41, 5.74) is 1.46. The number of nitrogens with zero attached hydrogens (tertiary/aromatic N) is 3. The van der Waals surface area contributed by atoms with Crippen LogP contribution in [0.5, 0.6) is 0 Å². The van der Waals surface area contributed by atoms with Crippen molar-refractivity contribution < 1.29 is 19.0 Å². The third-order valence-corrected chi connectivity index (χ3v) is 3.91. The van der Waals surface area contributed by atoms with Gasteiger partial charge in [-0.25, -0.2) is 9.02 Å². The first-order chi connectivity index (χ1) is 11.4. The van der Waals surface area contributed by atoms with Crippen molar-refractivity contribution in [2.75, 3.05) is 0 Å². The van der Waals surface area contributed by atoms with Crippen LogP contribution >= 0.6 is 15.9 Å². The fourth-order valence-corrected chi connectivity index (χ4v) is 2.69. The van der Waals surface area contributed by atoms with Gasteiger partial charge in [-0.15, -0.1) is 0 Å². The third kappa shape index (κ3) is 4.70. The minimum absolute atomic E-state index is 0.00349. The molecule has 6 nitrogen and oxygen atoms in total. The minimum Gasteiger partial charge on any atom is -0.411 e. The molecule has 0 unspecified atom stereocenters. The molecule has 0 bridgehead atoms. The van der Waals surface area contributed by atoms with Gasteiger partial charge in [-0.1, -0.05) is 30.2 Å². The Labute approximate surface area is 146 Å². The van der Waals surface area contributed by atoms with Gasteiger partial charge in [0.25, 0.3) is 0 Å². The first kappa shape index (κ1) is 18.3. The lowest BCUT2D eigenvalue weighted by atomic mass is 10.0. The van der Waals surface area contributed by atoms with Crippen LogP contribution in [0.1, 0.15) is 37.2 Å². The molecule has 8 heteroatoms. The second-order valence-electron chi connectivity index (χ2n) is 5.84. The quantitative estimate of drug-likeness (QED) is 0.438. The minimum atomic E-state index is -0.385. The van der Waals surface area contributed by atoms with Gasteiger partial charge >= 0.3 is 0 Å². The Morgan fingerprint density at radius 3 is 2.75 bits per heavy atom. The summed E-state index contributed by atoms with van der Waals surface area (Å²) in [6.07, 6.45) is 0.668. The van der Waals surface area contributed by atoms with Gasteiger partial charge in [-0.3, -0.25) is 4.79 Å². The van der Waals surface area contributed by atoms with Crippen molar-refractivity contribution in [1.29, 1.82) is 0 Å². The number of carbonyl (C=O) groups is 1. The molecule has 0 spiro atoms. The van der Waals surface area contributed by atoms with E-state index in [1.54, 1.807) is 12.1 Å². The zero-order valence-corrected chi connectivity index (χ0v) is 14.9. The molecule has 0 fully saturated rings. The van der Waals surface area contributed by atoms with Gasteiger partial charge in [0.2, 0.25) is 0 Å². The summed E-state index contributed by atoms with van der Waals surface area (Å²) >= 11 is 3.11. The number of hydrogen-bond donors (Lipinski definition) is 1. The number of aromatic nitrogens is 2. The predicted molar refractivity (Wildman–Crippen MR) is 88.6 cm³/mol. The van der Waals surface area contributed by atoms with E-state index in [0.717, 1.165) is 0 Å². The van der Waals surface area contributed by atoms with Gasteiger partial charge in [-0.05, 0) is 44.7 Å². The number of benzene rings is 1. The predicted octanol–water partition coefficient (Wildman–Crippen LogP) is 3.55. The van der Waals surface area contributed by atoms with Crippen molar-refractivity contribution in [3.05, 3.63) is 45.4 Å². The van der Waals surface area contributed by atoms with Gasteiger partial charge in [0.1, 0.15) is 23.0 Å². The van der Waals surface area contributed by atoms with E-state index in [0.29, 0.717) is 22.2 Å². The van der Waals surface area contributed by atoms with E-state index in [9.17, 15) is 14.4 Å². The highest BCUT2D eigenvalue weighted by atomic mass is 79.9. The third-order valence-electron chi connectivity index (χ3n) is 3.31. The first-order valence-corrected chi connectivity index (χ1v) is 8.18. The molecule has 24 heavy (non-hydrogen) atoms. The summed E-state index contributed by atoms with van der Waals surface area (Å²) < 4.78 is 18.3. The van der Waals surface area contributed by atoms with Crippen LogP contribution in [0.3, 0.4) is 0 Å². The number of ketones is 1. The number of halogens is 2. The lowest BCUT2D eigenvalue weighted by Gasteiger charge is -2.05. The maximum Gasteiger partial charge on any atom is 0.156 e. The van der Waals surface area contributed by atoms with E-state index in [1.165, 1.54) is 6.07 Å². The van der Waals surface area contributed by atoms with Crippen molar-refractivity contribution in [3.8, 4) is 0 Å². The molecule has 0 atom stereocenters. The molecule has 0 aliphatic rings. The highest BCUT2D eigenvalue weighted by molar-refractivity contribution is 9.10. The topological polar surface area (TPSA) is 88.6 Å². The van der Waals surface area contributed by atoms with Gasteiger partial charge in [0.15, 0.2) is 5.69 Å². The van der Waals surface area contributed by atoms with Gasteiger partial charge < -0.3 is 5.21 Å². The largest absolute Gasteiger partial charge is 0.411 e. The average Bonchev–Trinajstić information content (AvgIpc) is 2.95. The van der Waals surface area contributed by atoms with E-state index in [4.69, 9.17) is 4.63 Å². The summed E-state index contributed by atoms with van der Waals surface area (Å²) in [6, 6.07) is 4.46. The van der Waals surface area contributed by atoms with Crippen LogP contribution in [0.25, 0.3) is 0 Å². The monoisotopic (exact) mass is 397 g/mol. The molecule has 0 radical (unpaired) electrons. The molecule has 128 valence electrons. The number of carbonyl (C=O) groups excluding carboxylic acids is 1. The van der Waals surface area contributed by atoms with Crippen molar-refractivity contribution >= 4 is 27.4 Å². The summed E-state index contributed by atoms with van der Waals surface area (Å²) in [4.78, 5) is 12.0. The molecule has 0 saturated heterocycles. The zero-order valence-electron chi connectivity index (χ0n) is 13.3. The molecule has 0 aliphatic heterocycles. The normalized spacial score (nSPS) is 12.0. The van der Waals surface area contributed by atoms with Crippen LogP contribution in [-0.2, 0) is 17.6 Å². The van der Waals surface area contributed by atoms with Gasteiger partial charge in [0.05, 0.1) is 10.9 Å². The molecule has 0 amide bonds. The van der Waals surface area contributed by atoms with E-state index in [1.807, 2.05) is 13.8 Å². The van der Waals surface area contributed by atoms with E-state index >= 15 is 0 Å². The van der Waals surface area contributed by atoms with E-state index in [2.05, 4.69) is 31.4 Å². The Kier molecular flexibility index (Phi) is 6.19. The molecule has 2 aromatic rings. The Hall–Kier alpha value is -2.09. The number of rotatable bonds is 7. The Morgan fingerprint density at radius 1 is 1.38 bits per heavy atom. The summed E-state index contributed by atoms with van der Waals surface area (Å²) in [5, 5.41) is 20.0. The van der Waals surface area contributed by atoms with Crippen molar-refractivity contribution in [3.63, 3.8) is 0 Å². The van der Waals surface area contributed by atoms with Crippen LogP contribution < -0.4 is 0 Å². The first-order valence-electron chi connectivity index (χ1n) is 7.39. The summed E-state index contributed by atoms with van der Waals surface area (Å²) in [5.74, 6) is -0.142. The Bertz CT molecular complexity index is 759. The molecule has 0 aliphatic carbocycles. The Balaban J connectivity index is 2.18.